The molecule has 2 N–H and O–H groups in total. The van der Waals surface area contributed by atoms with Crippen LogP contribution in [0.2, 0.25) is 0 Å². The second-order valence-electron chi connectivity index (χ2n) is 7.18. The lowest BCUT2D eigenvalue weighted by atomic mass is 10.2. The van der Waals surface area contributed by atoms with Gasteiger partial charge in [-0.3, -0.25) is 4.90 Å². The maximum atomic E-state index is 5.43. The van der Waals surface area contributed by atoms with Gasteiger partial charge < -0.3 is 20.1 Å². The van der Waals surface area contributed by atoms with Crippen molar-refractivity contribution < 1.29 is 9.47 Å². The van der Waals surface area contributed by atoms with Crippen molar-refractivity contribution in [3.05, 3.63) is 29.8 Å². The number of halogens is 1. The molecule has 2 rings (SSSR count). The summed E-state index contributed by atoms with van der Waals surface area (Å²) in [6, 6.07) is 8.66. The van der Waals surface area contributed by atoms with Gasteiger partial charge in [-0.2, -0.15) is 0 Å². The molecule has 1 aliphatic rings. The summed E-state index contributed by atoms with van der Waals surface area (Å²) < 4.78 is 10.7. The van der Waals surface area contributed by atoms with Crippen LogP contribution < -0.4 is 15.4 Å². The van der Waals surface area contributed by atoms with Crippen molar-refractivity contribution in [3.63, 3.8) is 0 Å². The highest BCUT2D eigenvalue weighted by Crippen LogP contribution is 2.14. The molecule has 6 nitrogen and oxygen atoms in total. The summed E-state index contributed by atoms with van der Waals surface area (Å²) >= 11 is 0. The number of nitrogens with one attached hydrogen (secondary N) is 2. The molecule has 1 unspecified atom stereocenters. The topological polar surface area (TPSA) is 58.1 Å². The van der Waals surface area contributed by atoms with E-state index in [1.54, 1.807) is 7.11 Å². The van der Waals surface area contributed by atoms with Crippen LogP contribution in [0.1, 0.15) is 45.1 Å². The van der Waals surface area contributed by atoms with Gasteiger partial charge in [0, 0.05) is 32.3 Å². The molecule has 1 atom stereocenters. The van der Waals surface area contributed by atoms with Crippen LogP contribution in [-0.4, -0.2) is 63.4 Å². The molecule has 0 spiro atoms. The van der Waals surface area contributed by atoms with Crippen LogP contribution in [0.5, 0.6) is 5.75 Å². The van der Waals surface area contributed by atoms with Gasteiger partial charge in [-0.05, 0) is 63.4 Å². The highest BCUT2D eigenvalue weighted by atomic mass is 127. The van der Waals surface area contributed by atoms with Gasteiger partial charge in [0.15, 0.2) is 5.96 Å². The number of guanidine groups is 1. The van der Waals surface area contributed by atoms with E-state index < -0.39 is 0 Å². The van der Waals surface area contributed by atoms with E-state index in [0.29, 0.717) is 12.6 Å². The molecule has 1 aromatic carbocycles. The Hall–Kier alpha value is -1.06. The Labute approximate surface area is 193 Å². The van der Waals surface area contributed by atoms with Gasteiger partial charge in [-0.25, -0.2) is 4.99 Å². The minimum atomic E-state index is 0. The summed E-state index contributed by atoms with van der Waals surface area (Å²) in [5, 5.41) is 7.02. The predicted octanol–water partition coefficient (Wildman–Crippen LogP) is 3.65. The Kier molecular flexibility index (Phi) is 14.1. The van der Waals surface area contributed by atoms with E-state index in [1.165, 1.54) is 31.5 Å². The van der Waals surface area contributed by atoms with Crippen molar-refractivity contribution in [2.24, 2.45) is 4.99 Å². The Morgan fingerprint density at radius 1 is 1.14 bits per heavy atom. The second kappa shape index (κ2) is 15.7. The van der Waals surface area contributed by atoms with E-state index in [1.807, 2.05) is 19.1 Å². The minimum Gasteiger partial charge on any atom is -0.497 e. The number of benzene rings is 1. The lowest BCUT2D eigenvalue weighted by Gasteiger charge is -2.27. The fraction of sp³-hybridized carbons (Fsp3) is 0.682. The lowest BCUT2D eigenvalue weighted by Crippen LogP contribution is -2.46. The average Bonchev–Trinajstić information content (AvgIpc) is 3.26. The summed E-state index contributed by atoms with van der Waals surface area (Å²) in [6.45, 7) is 10.7. The van der Waals surface area contributed by atoms with Gasteiger partial charge in [0.25, 0.3) is 0 Å². The van der Waals surface area contributed by atoms with Crippen LogP contribution in [-0.2, 0) is 11.3 Å². The fourth-order valence-electron chi connectivity index (χ4n) is 3.45. The van der Waals surface area contributed by atoms with Crippen molar-refractivity contribution in [1.82, 2.24) is 15.5 Å². The maximum absolute atomic E-state index is 5.43. The standard InChI is InChI=1S/C22H38N4O2.HI/c1-4-20(26-14-6-7-15-26)18-25-22(23-13-8-16-28-5-2)24-17-19-9-11-21(27-3)12-10-19;/h9-12,20H,4-8,13-18H2,1-3H3,(H2,23,24,25);1H. The van der Waals surface area contributed by atoms with Gasteiger partial charge in [-0.15, -0.1) is 24.0 Å². The molecular formula is C22H39IN4O2. The number of methoxy groups -OCH3 is 1. The number of hydrogen-bond acceptors (Lipinski definition) is 4. The minimum absolute atomic E-state index is 0. The molecule has 0 amide bonds. The van der Waals surface area contributed by atoms with E-state index in [-0.39, 0.29) is 24.0 Å². The number of nitrogens with zero attached hydrogens (tertiary/aromatic N) is 2. The van der Waals surface area contributed by atoms with Crippen LogP contribution in [0.15, 0.2) is 29.3 Å². The van der Waals surface area contributed by atoms with Crippen LogP contribution in [0.3, 0.4) is 0 Å². The first-order chi connectivity index (χ1) is 13.8. The second-order valence-corrected chi connectivity index (χ2v) is 7.18. The Balaban J connectivity index is 0.00000420. The number of aliphatic imine (C=N–C) groups is 1. The molecule has 29 heavy (non-hydrogen) atoms. The van der Waals surface area contributed by atoms with Gasteiger partial charge in [0.1, 0.15) is 5.75 Å². The van der Waals surface area contributed by atoms with E-state index in [2.05, 4.69) is 34.6 Å². The molecule has 0 aromatic heterocycles. The molecule has 1 saturated heterocycles. The predicted molar refractivity (Wildman–Crippen MR) is 132 cm³/mol. The lowest BCUT2D eigenvalue weighted by molar-refractivity contribution is 0.145. The van der Waals surface area contributed by atoms with E-state index >= 15 is 0 Å². The normalized spacial score (nSPS) is 15.6. The molecule has 1 aromatic rings. The number of likely N-dealkylation sites (tertiary alicyclic amines) is 1. The van der Waals surface area contributed by atoms with Crippen LogP contribution >= 0.6 is 24.0 Å². The van der Waals surface area contributed by atoms with E-state index in [4.69, 9.17) is 14.5 Å². The average molecular weight is 518 g/mol. The zero-order valence-electron chi connectivity index (χ0n) is 18.3. The quantitative estimate of drug-likeness (QED) is 0.192. The highest BCUT2D eigenvalue weighted by molar-refractivity contribution is 14.0. The van der Waals surface area contributed by atoms with Crippen LogP contribution in [0.25, 0.3) is 0 Å². The van der Waals surface area contributed by atoms with E-state index in [9.17, 15) is 0 Å². The summed E-state index contributed by atoms with van der Waals surface area (Å²) in [5.74, 6) is 1.75. The summed E-state index contributed by atoms with van der Waals surface area (Å²) in [6.07, 6.45) is 4.78. The molecule has 7 heteroatoms. The number of hydrogen-bond donors (Lipinski definition) is 2. The van der Waals surface area contributed by atoms with Crippen molar-refractivity contribution in [1.29, 1.82) is 0 Å². The zero-order chi connectivity index (χ0) is 20.0. The van der Waals surface area contributed by atoms with Crippen molar-refractivity contribution in [2.45, 2.75) is 52.1 Å². The monoisotopic (exact) mass is 518 g/mol. The number of rotatable bonds is 12. The summed E-state index contributed by atoms with van der Waals surface area (Å²) in [7, 11) is 1.69. The molecule has 0 bridgehead atoms. The van der Waals surface area contributed by atoms with Crippen molar-refractivity contribution in [3.8, 4) is 5.75 Å². The van der Waals surface area contributed by atoms with E-state index in [0.717, 1.165) is 50.9 Å². The Morgan fingerprint density at radius 2 is 1.86 bits per heavy atom. The van der Waals surface area contributed by atoms with Crippen molar-refractivity contribution >= 4 is 29.9 Å². The summed E-state index contributed by atoms with van der Waals surface area (Å²) in [5.41, 5.74) is 1.17. The molecule has 1 heterocycles. The largest absolute Gasteiger partial charge is 0.497 e. The first-order valence-corrected chi connectivity index (χ1v) is 10.7. The third kappa shape index (κ3) is 10.00. The van der Waals surface area contributed by atoms with Gasteiger partial charge in [-0.1, -0.05) is 19.1 Å². The van der Waals surface area contributed by atoms with Gasteiger partial charge >= 0.3 is 0 Å². The third-order valence-corrected chi connectivity index (χ3v) is 5.17. The van der Waals surface area contributed by atoms with Crippen LogP contribution in [0.4, 0.5) is 0 Å². The molecule has 0 aliphatic carbocycles. The smallest absolute Gasteiger partial charge is 0.191 e. The first-order valence-electron chi connectivity index (χ1n) is 10.7. The molecule has 166 valence electrons. The highest BCUT2D eigenvalue weighted by Gasteiger charge is 2.20. The zero-order valence-corrected chi connectivity index (χ0v) is 20.6. The SMILES string of the molecule is CCOCCCNC(=NCc1ccc(OC)cc1)NCC(CC)N1CCCC1.I. The van der Waals surface area contributed by atoms with Gasteiger partial charge in [0.2, 0.25) is 0 Å². The fourth-order valence-corrected chi connectivity index (χ4v) is 3.45. The van der Waals surface area contributed by atoms with Crippen molar-refractivity contribution in [2.75, 3.05) is 46.5 Å². The third-order valence-electron chi connectivity index (χ3n) is 5.17. The van der Waals surface area contributed by atoms with Crippen LogP contribution in [0, 0.1) is 0 Å². The maximum Gasteiger partial charge on any atom is 0.191 e. The molecule has 1 aliphatic heterocycles. The number of ether oxygens (including phenoxy) is 2. The van der Waals surface area contributed by atoms with Gasteiger partial charge in [0.05, 0.1) is 13.7 Å². The molecule has 0 radical (unpaired) electrons. The first kappa shape index (κ1) is 26.0. The Morgan fingerprint density at radius 3 is 2.48 bits per heavy atom. The Bertz CT molecular complexity index is 562. The molecule has 1 fully saturated rings. The molecular weight excluding hydrogens is 479 g/mol. The molecule has 0 saturated carbocycles. The summed E-state index contributed by atoms with van der Waals surface area (Å²) in [4.78, 5) is 7.39.